The van der Waals surface area contributed by atoms with E-state index in [4.69, 9.17) is 5.11 Å². The molecule has 0 amide bonds. The molecule has 1 N–H and O–H groups in total. The minimum Gasteiger partial charge on any atom is -0.481 e. The van der Waals surface area contributed by atoms with Crippen LogP contribution in [0.2, 0.25) is 0 Å². The number of hydrogen-bond donors (Lipinski definition) is 1. The molecule has 0 aliphatic heterocycles. The lowest BCUT2D eigenvalue weighted by molar-refractivity contribution is -0.135. The molecule has 0 bridgehead atoms. The summed E-state index contributed by atoms with van der Waals surface area (Å²) >= 11 is 0. The van der Waals surface area contributed by atoms with Gasteiger partial charge >= 0.3 is 5.97 Å². The molecule has 0 saturated carbocycles. The van der Waals surface area contributed by atoms with E-state index in [1.807, 2.05) is 0 Å². The van der Waals surface area contributed by atoms with E-state index in [0.29, 0.717) is 11.8 Å². The highest BCUT2D eigenvalue weighted by molar-refractivity contribution is 5.75. The molecule has 0 unspecified atom stereocenters. The SMILES string of the molecule is O=Cc1cc(F)cc(C#CCC(=O)O)c1. The number of benzene rings is 1. The molecule has 0 heterocycles. The molecule has 15 heavy (non-hydrogen) atoms. The Morgan fingerprint density at radius 1 is 1.47 bits per heavy atom. The fourth-order valence-electron chi connectivity index (χ4n) is 0.974. The second kappa shape index (κ2) is 4.91. The number of aliphatic carboxylic acids is 1. The summed E-state index contributed by atoms with van der Waals surface area (Å²) in [5.74, 6) is 3.19. The Morgan fingerprint density at radius 2 is 2.20 bits per heavy atom. The summed E-state index contributed by atoms with van der Waals surface area (Å²) in [6.07, 6.45) is 0.193. The van der Waals surface area contributed by atoms with Gasteiger partial charge in [-0.15, -0.1) is 0 Å². The maximum atomic E-state index is 12.9. The first-order chi connectivity index (χ1) is 7.11. The van der Waals surface area contributed by atoms with Crippen molar-refractivity contribution in [1.82, 2.24) is 0 Å². The summed E-state index contributed by atoms with van der Waals surface area (Å²) in [4.78, 5) is 20.5. The third-order valence-electron chi connectivity index (χ3n) is 1.53. The van der Waals surface area contributed by atoms with Crippen molar-refractivity contribution in [2.75, 3.05) is 0 Å². The number of aldehydes is 1. The molecule has 76 valence electrons. The smallest absolute Gasteiger partial charge is 0.315 e. The normalized spacial score (nSPS) is 8.87. The zero-order valence-electron chi connectivity index (χ0n) is 7.66. The maximum Gasteiger partial charge on any atom is 0.315 e. The van der Waals surface area contributed by atoms with Gasteiger partial charge in [0.1, 0.15) is 18.5 Å². The Hall–Kier alpha value is -2.15. The van der Waals surface area contributed by atoms with Crippen LogP contribution in [0.3, 0.4) is 0 Å². The molecule has 1 aromatic carbocycles. The zero-order valence-corrected chi connectivity index (χ0v) is 7.66. The van der Waals surface area contributed by atoms with E-state index in [1.165, 1.54) is 6.07 Å². The number of carbonyl (C=O) groups excluding carboxylic acids is 1. The largest absolute Gasteiger partial charge is 0.481 e. The number of halogens is 1. The summed E-state index contributed by atoms with van der Waals surface area (Å²) in [5, 5.41) is 8.31. The number of rotatable bonds is 2. The highest BCUT2D eigenvalue weighted by atomic mass is 19.1. The van der Waals surface area contributed by atoms with E-state index in [2.05, 4.69) is 11.8 Å². The molecular weight excluding hydrogens is 199 g/mol. The molecule has 0 spiro atoms. The van der Waals surface area contributed by atoms with Crippen molar-refractivity contribution in [3.05, 3.63) is 35.1 Å². The number of carbonyl (C=O) groups is 2. The van der Waals surface area contributed by atoms with Crippen LogP contribution in [0.1, 0.15) is 22.3 Å². The Morgan fingerprint density at radius 3 is 2.80 bits per heavy atom. The number of carboxylic acids is 1. The van der Waals surface area contributed by atoms with Crippen LogP contribution in [0.5, 0.6) is 0 Å². The van der Waals surface area contributed by atoms with Crippen LogP contribution < -0.4 is 0 Å². The molecule has 1 aromatic rings. The summed E-state index contributed by atoms with van der Waals surface area (Å²) in [6.45, 7) is 0. The molecule has 4 heteroatoms. The van der Waals surface area contributed by atoms with Gasteiger partial charge < -0.3 is 5.11 Å². The fourth-order valence-corrected chi connectivity index (χ4v) is 0.974. The first kappa shape index (κ1) is 10.9. The van der Waals surface area contributed by atoms with E-state index >= 15 is 0 Å². The van der Waals surface area contributed by atoms with Crippen LogP contribution in [-0.2, 0) is 4.79 Å². The van der Waals surface area contributed by atoms with Gasteiger partial charge in [0.05, 0.1) is 0 Å². The topological polar surface area (TPSA) is 54.4 Å². The van der Waals surface area contributed by atoms with Crippen molar-refractivity contribution in [3.63, 3.8) is 0 Å². The molecular formula is C11H7FO3. The molecule has 3 nitrogen and oxygen atoms in total. The fraction of sp³-hybridized carbons (Fsp3) is 0.0909. The first-order valence-corrected chi connectivity index (χ1v) is 4.08. The monoisotopic (exact) mass is 206 g/mol. The lowest BCUT2D eigenvalue weighted by Gasteiger charge is -1.93. The van der Waals surface area contributed by atoms with E-state index < -0.39 is 11.8 Å². The van der Waals surface area contributed by atoms with Crippen LogP contribution in [0.25, 0.3) is 0 Å². The summed E-state index contributed by atoms with van der Waals surface area (Å²) in [5.41, 5.74) is 0.466. The van der Waals surface area contributed by atoms with Gasteiger partial charge in [-0.2, -0.15) is 0 Å². The highest BCUT2D eigenvalue weighted by Gasteiger charge is 1.97. The number of hydrogen-bond acceptors (Lipinski definition) is 2. The molecule has 0 fully saturated rings. The molecule has 0 aliphatic carbocycles. The van der Waals surface area contributed by atoms with Gasteiger partial charge in [0.15, 0.2) is 0 Å². The van der Waals surface area contributed by atoms with Crippen molar-refractivity contribution in [2.24, 2.45) is 0 Å². The maximum absolute atomic E-state index is 12.9. The first-order valence-electron chi connectivity index (χ1n) is 4.08. The standard InChI is InChI=1S/C11H7FO3/c12-10-5-8(2-1-3-11(14)15)4-9(6-10)7-13/h4-7H,3H2,(H,14,15). The van der Waals surface area contributed by atoms with Gasteiger partial charge in [-0.3, -0.25) is 9.59 Å². The molecule has 0 saturated heterocycles. The average molecular weight is 206 g/mol. The van der Waals surface area contributed by atoms with Crippen molar-refractivity contribution < 1.29 is 19.1 Å². The Balaban J connectivity index is 2.92. The highest BCUT2D eigenvalue weighted by Crippen LogP contribution is 2.06. The van der Waals surface area contributed by atoms with Gasteiger partial charge in [0.25, 0.3) is 0 Å². The van der Waals surface area contributed by atoms with Crippen molar-refractivity contribution in [2.45, 2.75) is 6.42 Å². The summed E-state index contributed by atoms with van der Waals surface area (Å²) in [7, 11) is 0. The van der Waals surface area contributed by atoms with Gasteiger partial charge in [-0.05, 0) is 18.2 Å². The minimum absolute atomic E-state index is 0.176. The zero-order chi connectivity index (χ0) is 11.3. The Bertz CT molecular complexity index is 455. The quantitative estimate of drug-likeness (QED) is 0.588. The van der Waals surface area contributed by atoms with E-state index in [-0.39, 0.29) is 12.0 Å². The second-order valence-electron chi connectivity index (χ2n) is 2.76. The van der Waals surface area contributed by atoms with E-state index in [0.717, 1.165) is 12.1 Å². The van der Waals surface area contributed by atoms with Gasteiger partial charge in [0.2, 0.25) is 0 Å². The Kier molecular flexibility index (Phi) is 3.58. The third kappa shape index (κ3) is 3.61. The van der Waals surface area contributed by atoms with Crippen LogP contribution in [-0.4, -0.2) is 17.4 Å². The second-order valence-corrected chi connectivity index (χ2v) is 2.76. The predicted molar refractivity (Wildman–Crippen MR) is 50.9 cm³/mol. The van der Waals surface area contributed by atoms with E-state index in [1.54, 1.807) is 0 Å². The molecule has 0 aliphatic rings. The van der Waals surface area contributed by atoms with Gasteiger partial charge in [-0.1, -0.05) is 11.8 Å². The minimum atomic E-state index is -1.05. The predicted octanol–water partition coefficient (Wildman–Crippen LogP) is 1.46. The summed E-state index contributed by atoms with van der Waals surface area (Å²) < 4.78 is 12.9. The van der Waals surface area contributed by atoms with E-state index in [9.17, 15) is 14.0 Å². The van der Waals surface area contributed by atoms with Gasteiger partial charge in [-0.25, -0.2) is 4.39 Å². The average Bonchev–Trinajstić information content (AvgIpc) is 2.16. The summed E-state index contributed by atoms with van der Waals surface area (Å²) in [6, 6.07) is 3.61. The van der Waals surface area contributed by atoms with Crippen LogP contribution >= 0.6 is 0 Å². The lowest BCUT2D eigenvalue weighted by Crippen LogP contribution is -1.91. The van der Waals surface area contributed by atoms with Crippen LogP contribution in [0, 0.1) is 17.7 Å². The molecule has 1 rings (SSSR count). The molecule has 0 aromatic heterocycles. The van der Waals surface area contributed by atoms with Gasteiger partial charge in [0, 0.05) is 11.1 Å². The van der Waals surface area contributed by atoms with Crippen molar-refractivity contribution in [3.8, 4) is 11.8 Å². The van der Waals surface area contributed by atoms with Crippen molar-refractivity contribution in [1.29, 1.82) is 0 Å². The van der Waals surface area contributed by atoms with Crippen molar-refractivity contribution >= 4 is 12.3 Å². The van der Waals surface area contributed by atoms with Crippen LogP contribution in [0.4, 0.5) is 4.39 Å². The third-order valence-corrected chi connectivity index (χ3v) is 1.53. The molecule has 0 radical (unpaired) electrons. The Labute approximate surface area is 85.5 Å². The van der Waals surface area contributed by atoms with Crippen LogP contribution in [0.15, 0.2) is 18.2 Å². The molecule has 0 atom stereocenters. The number of carboxylic acid groups (broad SMARTS) is 1. The lowest BCUT2D eigenvalue weighted by atomic mass is 10.1.